The van der Waals surface area contributed by atoms with Crippen molar-refractivity contribution in [2.45, 2.75) is 53.5 Å². The van der Waals surface area contributed by atoms with Crippen LogP contribution in [0.1, 0.15) is 49.4 Å². The van der Waals surface area contributed by atoms with E-state index in [9.17, 15) is 4.79 Å². The van der Waals surface area contributed by atoms with Gasteiger partial charge in [-0.1, -0.05) is 45.0 Å². The summed E-state index contributed by atoms with van der Waals surface area (Å²) in [5.41, 5.74) is 6.18. The summed E-state index contributed by atoms with van der Waals surface area (Å²) < 4.78 is 5.68. The fourth-order valence-corrected chi connectivity index (χ4v) is 3.92. The lowest BCUT2D eigenvalue weighted by atomic mass is 9.87. The molecule has 0 saturated carbocycles. The van der Waals surface area contributed by atoms with Crippen molar-refractivity contribution >= 4 is 11.5 Å². The Kier molecular flexibility index (Phi) is 5.59. The van der Waals surface area contributed by atoms with E-state index in [2.05, 4.69) is 69.0 Å². The second kappa shape index (κ2) is 7.75. The van der Waals surface area contributed by atoms with Crippen LogP contribution in [0.25, 0.3) is 0 Å². The molecule has 3 nitrogen and oxygen atoms in total. The zero-order valence-corrected chi connectivity index (χ0v) is 17.3. The number of fused-ring (bicyclic) bond motifs is 1. The van der Waals surface area contributed by atoms with Crippen molar-refractivity contribution in [1.82, 2.24) is 0 Å². The highest BCUT2D eigenvalue weighted by molar-refractivity contribution is 5.83. The second-order valence-corrected chi connectivity index (χ2v) is 8.84. The molecule has 27 heavy (non-hydrogen) atoms. The van der Waals surface area contributed by atoms with Crippen molar-refractivity contribution in [2.24, 2.45) is 5.41 Å². The first-order valence-electron chi connectivity index (χ1n) is 9.78. The van der Waals surface area contributed by atoms with Gasteiger partial charge in [-0.2, -0.15) is 0 Å². The molecule has 1 aliphatic rings. The Labute approximate surface area is 163 Å². The number of ketones is 1. The predicted octanol–water partition coefficient (Wildman–Crippen LogP) is 5.11. The van der Waals surface area contributed by atoms with E-state index in [1.165, 1.54) is 16.8 Å². The standard InChI is InChI=1S/C24H31NO2/c1-17-12-20(25-11-10-18-8-6-7-9-19(18)16-25)13-23(27-5)22(17)14-21(26)15-24(2,3)4/h6-9,12-13H,10-11,14-16H2,1-5H3. The molecule has 2 aromatic carbocycles. The number of carbonyl (C=O) groups is 1. The zero-order valence-electron chi connectivity index (χ0n) is 17.3. The molecule has 144 valence electrons. The molecular formula is C24H31NO2. The Balaban J connectivity index is 1.83. The van der Waals surface area contributed by atoms with Crippen LogP contribution in [-0.4, -0.2) is 19.4 Å². The third-order valence-electron chi connectivity index (χ3n) is 5.23. The normalized spacial score (nSPS) is 14.0. The Bertz CT molecular complexity index is 833. The highest BCUT2D eigenvalue weighted by atomic mass is 16.5. The summed E-state index contributed by atoms with van der Waals surface area (Å²) >= 11 is 0. The molecule has 0 amide bonds. The van der Waals surface area contributed by atoms with Gasteiger partial charge in [0.25, 0.3) is 0 Å². The second-order valence-electron chi connectivity index (χ2n) is 8.84. The van der Waals surface area contributed by atoms with Crippen LogP contribution >= 0.6 is 0 Å². The van der Waals surface area contributed by atoms with Crippen LogP contribution in [0.4, 0.5) is 5.69 Å². The number of ether oxygens (including phenoxy) is 1. The summed E-state index contributed by atoms with van der Waals surface area (Å²) in [6, 6.07) is 13.0. The molecule has 3 rings (SSSR count). The van der Waals surface area contributed by atoms with Gasteiger partial charge in [-0.25, -0.2) is 0 Å². The van der Waals surface area contributed by atoms with Crippen LogP contribution in [0.5, 0.6) is 5.75 Å². The van der Waals surface area contributed by atoms with Gasteiger partial charge in [-0.05, 0) is 41.5 Å². The number of carbonyl (C=O) groups excluding carboxylic acids is 1. The lowest BCUT2D eigenvalue weighted by Crippen LogP contribution is -2.30. The Morgan fingerprint density at radius 1 is 1.15 bits per heavy atom. The van der Waals surface area contributed by atoms with Crippen molar-refractivity contribution in [3.05, 3.63) is 58.7 Å². The van der Waals surface area contributed by atoms with E-state index in [1.807, 2.05) is 0 Å². The van der Waals surface area contributed by atoms with Gasteiger partial charge >= 0.3 is 0 Å². The summed E-state index contributed by atoms with van der Waals surface area (Å²) in [7, 11) is 1.70. The highest BCUT2D eigenvalue weighted by Gasteiger charge is 2.21. The smallest absolute Gasteiger partial charge is 0.137 e. The van der Waals surface area contributed by atoms with E-state index in [0.29, 0.717) is 12.8 Å². The number of Topliss-reactive ketones (excluding diaryl/α,β-unsaturated/α-hetero) is 1. The Morgan fingerprint density at radius 3 is 2.52 bits per heavy atom. The highest BCUT2D eigenvalue weighted by Crippen LogP contribution is 2.33. The number of anilines is 1. The predicted molar refractivity (Wildman–Crippen MR) is 112 cm³/mol. The van der Waals surface area contributed by atoms with Gasteiger partial charge in [0.05, 0.1) is 7.11 Å². The SMILES string of the molecule is COc1cc(N2CCc3ccccc3C2)cc(C)c1CC(=O)CC(C)(C)C. The average Bonchev–Trinajstić information content (AvgIpc) is 2.61. The van der Waals surface area contributed by atoms with Crippen molar-refractivity contribution in [3.8, 4) is 5.75 Å². The minimum Gasteiger partial charge on any atom is -0.496 e. The fraction of sp³-hybridized carbons (Fsp3) is 0.458. The summed E-state index contributed by atoms with van der Waals surface area (Å²) in [5.74, 6) is 1.09. The van der Waals surface area contributed by atoms with Crippen molar-refractivity contribution in [2.75, 3.05) is 18.6 Å². The molecule has 1 aliphatic heterocycles. The quantitative estimate of drug-likeness (QED) is 0.737. The van der Waals surface area contributed by atoms with Crippen LogP contribution < -0.4 is 9.64 Å². The van der Waals surface area contributed by atoms with Gasteiger partial charge in [0.15, 0.2) is 0 Å². The van der Waals surface area contributed by atoms with Crippen molar-refractivity contribution < 1.29 is 9.53 Å². The molecule has 0 radical (unpaired) electrons. The van der Waals surface area contributed by atoms with E-state index >= 15 is 0 Å². The number of benzene rings is 2. The number of rotatable bonds is 5. The van der Waals surface area contributed by atoms with Crippen LogP contribution in [0, 0.1) is 12.3 Å². The minimum absolute atomic E-state index is 0.0132. The van der Waals surface area contributed by atoms with Crippen molar-refractivity contribution in [3.63, 3.8) is 0 Å². The van der Waals surface area contributed by atoms with Gasteiger partial charge < -0.3 is 9.64 Å². The van der Waals surface area contributed by atoms with Crippen LogP contribution in [0.2, 0.25) is 0 Å². The molecule has 0 saturated heterocycles. The third kappa shape index (κ3) is 4.71. The first-order chi connectivity index (χ1) is 12.8. The first-order valence-corrected chi connectivity index (χ1v) is 9.78. The third-order valence-corrected chi connectivity index (χ3v) is 5.23. The Morgan fingerprint density at radius 2 is 1.85 bits per heavy atom. The monoisotopic (exact) mass is 365 g/mol. The summed E-state index contributed by atoms with van der Waals surface area (Å²) in [6.45, 7) is 10.3. The lowest BCUT2D eigenvalue weighted by Gasteiger charge is -2.31. The van der Waals surface area contributed by atoms with Crippen LogP contribution in [0.3, 0.4) is 0 Å². The number of methoxy groups -OCH3 is 1. The lowest BCUT2D eigenvalue weighted by molar-refractivity contribution is -0.120. The van der Waals surface area contributed by atoms with Gasteiger partial charge in [0, 0.05) is 43.2 Å². The van der Waals surface area contributed by atoms with Crippen LogP contribution in [-0.2, 0) is 24.2 Å². The van der Waals surface area contributed by atoms with E-state index in [-0.39, 0.29) is 11.2 Å². The van der Waals surface area contributed by atoms with E-state index in [4.69, 9.17) is 4.74 Å². The number of hydrogen-bond acceptors (Lipinski definition) is 3. The molecule has 3 heteroatoms. The molecular weight excluding hydrogens is 334 g/mol. The molecule has 0 N–H and O–H groups in total. The summed E-state index contributed by atoms with van der Waals surface area (Å²) in [4.78, 5) is 14.9. The minimum atomic E-state index is 0.0132. The molecule has 0 unspecified atom stereocenters. The fourth-order valence-electron chi connectivity index (χ4n) is 3.92. The molecule has 0 atom stereocenters. The van der Waals surface area contributed by atoms with Gasteiger partial charge in [-0.15, -0.1) is 0 Å². The zero-order chi connectivity index (χ0) is 19.6. The van der Waals surface area contributed by atoms with Crippen molar-refractivity contribution in [1.29, 1.82) is 0 Å². The van der Waals surface area contributed by atoms with E-state index in [0.717, 1.165) is 36.4 Å². The maximum Gasteiger partial charge on any atom is 0.137 e. The largest absolute Gasteiger partial charge is 0.496 e. The number of hydrogen-bond donors (Lipinski definition) is 0. The summed E-state index contributed by atoms with van der Waals surface area (Å²) in [6.07, 6.45) is 2.08. The molecule has 2 aromatic rings. The topological polar surface area (TPSA) is 29.5 Å². The average molecular weight is 366 g/mol. The maximum atomic E-state index is 12.5. The van der Waals surface area contributed by atoms with E-state index in [1.54, 1.807) is 7.11 Å². The Hall–Kier alpha value is -2.29. The van der Waals surface area contributed by atoms with E-state index < -0.39 is 0 Å². The van der Waals surface area contributed by atoms with Gasteiger partial charge in [0.2, 0.25) is 0 Å². The molecule has 0 bridgehead atoms. The van der Waals surface area contributed by atoms with Crippen LogP contribution in [0.15, 0.2) is 36.4 Å². The van der Waals surface area contributed by atoms with Gasteiger partial charge in [-0.3, -0.25) is 4.79 Å². The number of nitrogens with zero attached hydrogens (tertiary/aromatic N) is 1. The summed E-state index contributed by atoms with van der Waals surface area (Å²) in [5, 5.41) is 0. The van der Waals surface area contributed by atoms with Gasteiger partial charge in [0.1, 0.15) is 11.5 Å². The molecule has 1 heterocycles. The molecule has 0 fully saturated rings. The molecule has 0 spiro atoms. The molecule has 0 aliphatic carbocycles. The number of aryl methyl sites for hydroxylation is 1. The maximum absolute atomic E-state index is 12.5. The first kappa shape index (κ1) is 19.5. The molecule has 0 aromatic heterocycles.